The van der Waals surface area contributed by atoms with Gasteiger partial charge in [-0.2, -0.15) is 0 Å². The first-order chi connectivity index (χ1) is 5.59. The lowest BCUT2D eigenvalue weighted by Crippen LogP contribution is -1.94. The van der Waals surface area contributed by atoms with Crippen molar-refractivity contribution in [1.82, 2.24) is 4.98 Å². The normalized spacial score (nSPS) is 10.8. The van der Waals surface area contributed by atoms with Crippen molar-refractivity contribution in [1.29, 1.82) is 0 Å². The van der Waals surface area contributed by atoms with Crippen LogP contribution in [0.15, 0.2) is 12.1 Å². The third-order valence-corrected chi connectivity index (χ3v) is 1.97. The zero-order valence-electron chi connectivity index (χ0n) is 7.06. The third-order valence-electron chi connectivity index (χ3n) is 1.44. The minimum Gasteiger partial charge on any atom is -0.224 e. The highest BCUT2D eigenvalue weighted by atomic mass is 35.5. The van der Waals surface area contributed by atoms with Crippen LogP contribution in [0.1, 0.15) is 19.4 Å². The summed E-state index contributed by atoms with van der Waals surface area (Å²) in [6.45, 7) is 4.12. The van der Waals surface area contributed by atoms with Crippen LogP contribution in [0.25, 0.3) is 0 Å². The lowest BCUT2D eigenvalue weighted by molar-refractivity contribution is 0.948. The molecule has 0 amide bonds. The molecule has 12 heavy (non-hydrogen) atoms. The molecule has 1 heterocycles. The summed E-state index contributed by atoms with van der Waals surface area (Å²) in [5.41, 5.74) is 1.03. The maximum Gasteiger partial charge on any atom is 0.134 e. The molecule has 1 aromatic rings. The smallest absolute Gasteiger partial charge is 0.134 e. The van der Waals surface area contributed by atoms with Gasteiger partial charge in [-0.3, -0.25) is 0 Å². The second kappa shape index (κ2) is 4.11. The molecule has 1 nitrogen and oxygen atoms in total. The molecular weight excluding hydrogens is 193 g/mol. The molecule has 0 bridgehead atoms. The van der Waals surface area contributed by atoms with E-state index in [0.717, 1.165) is 12.0 Å². The van der Waals surface area contributed by atoms with E-state index >= 15 is 0 Å². The topological polar surface area (TPSA) is 12.9 Å². The van der Waals surface area contributed by atoms with Crippen molar-refractivity contribution in [2.75, 3.05) is 0 Å². The fourth-order valence-corrected chi connectivity index (χ4v) is 1.37. The fraction of sp³-hybridized carbons (Fsp3) is 0.333. The second-order valence-corrected chi connectivity index (χ2v) is 3.71. The number of aromatic nitrogens is 1. The Bertz CT molecular complexity index is 271. The first-order valence-corrected chi connectivity index (χ1v) is 4.45. The molecule has 3 heteroatoms. The van der Waals surface area contributed by atoms with E-state index in [1.54, 1.807) is 6.07 Å². The summed E-state index contributed by atoms with van der Waals surface area (Å²) in [4.78, 5) is 3.94. The molecule has 0 saturated carbocycles. The van der Waals surface area contributed by atoms with Crippen molar-refractivity contribution >= 4 is 23.2 Å². The summed E-state index contributed by atoms with van der Waals surface area (Å²) < 4.78 is 0. The van der Waals surface area contributed by atoms with Crippen molar-refractivity contribution < 1.29 is 0 Å². The van der Waals surface area contributed by atoms with E-state index < -0.39 is 0 Å². The van der Waals surface area contributed by atoms with Gasteiger partial charge in [0, 0.05) is 0 Å². The van der Waals surface area contributed by atoms with Crippen molar-refractivity contribution in [2.24, 2.45) is 0 Å². The predicted octanol–water partition coefficient (Wildman–Crippen LogP) is 3.55. The Balaban J connectivity index is 2.86. The molecule has 1 aromatic heterocycles. The largest absolute Gasteiger partial charge is 0.224 e. The highest BCUT2D eigenvalue weighted by molar-refractivity contribution is 6.32. The number of pyridine rings is 1. The Morgan fingerprint density at radius 3 is 2.50 bits per heavy atom. The molecule has 1 rings (SSSR count). The number of hydrogen-bond donors (Lipinski definition) is 0. The third kappa shape index (κ3) is 2.65. The van der Waals surface area contributed by atoms with Gasteiger partial charge in [-0.1, -0.05) is 43.1 Å². The van der Waals surface area contributed by atoms with Crippen molar-refractivity contribution in [2.45, 2.75) is 20.3 Å². The Labute approximate surface area is 82.7 Å². The number of rotatable bonds is 2. The Morgan fingerprint density at radius 1 is 1.33 bits per heavy atom. The van der Waals surface area contributed by atoms with E-state index in [0.29, 0.717) is 10.3 Å². The van der Waals surface area contributed by atoms with E-state index in [4.69, 9.17) is 23.2 Å². The molecule has 65 valence electrons. The van der Waals surface area contributed by atoms with Gasteiger partial charge in [0.15, 0.2) is 0 Å². The first-order valence-electron chi connectivity index (χ1n) is 3.69. The molecule has 0 saturated heterocycles. The number of halogens is 2. The number of nitrogens with zero attached hydrogens (tertiary/aromatic N) is 1. The average Bonchev–Trinajstić information content (AvgIpc) is 1.94. The standard InChI is InChI=1S/C9H10Cl2N/c1-6(2)5-7-3-4-8(10)12-9(7)11/h3-4H,5H2,1-2H3. The summed E-state index contributed by atoms with van der Waals surface area (Å²) in [6, 6.07) is 3.66. The van der Waals surface area contributed by atoms with E-state index in [1.165, 1.54) is 5.92 Å². The van der Waals surface area contributed by atoms with Gasteiger partial charge in [0.2, 0.25) is 0 Å². The van der Waals surface area contributed by atoms with Gasteiger partial charge in [-0.05, 0) is 24.0 Å². The lowest BCUT2D eigenvalue weighted by Gasteiger charge is -2.05. The molecule has 0 N–H and O–H groups in total. The maximum atomic E-state index is 5.86. The quantitative estimate of drug-likeness (QED) is 0.669. The molecule has 0 spiro atoms. The Morgan fingerprint density at radius 2 is 2.00 bits per heavy atom. The van der Waals surface area contributed by atoms with Gasteiger partial charge in [-0.25, -0.2) is 4.98 Å². The Hall–Kier alpha value is -0.270. The molecule has 0 aliphatic carbocycles. The second-order valence-electron chi connectivity index (χ2n) is 2.97. The van der Waals surface area contributed by atoms with E-state index in [2.05, 4.69) is 18.8 Å². The van der Waals surface area contributed by atoms with Crippen LogP contribution in [-0.4, -0.2) is 4.98 Å². The van der Waals surface area contributed by atoms with Crippen molar-refractivity contribution in [3.63, 3.8) is 0 Å². The van der Waals surface area contributed by atoms with Gasteiger partial charge in [0.05, 0.1) is 0 Å². The fourth-order valence-electron chi connectivity index (χ4n) is 0.954. The molecule has 0 aliphatic rings. The Kier molecular flexibility index (Phi) is 3.36. The van der Waals surface area contributed by atoms with Crippen LogP contribution < -0.4 is 0 Å². The summed E-state index contributed by atoms with van der Waals surface area (Å²) >= 11 is 11.5. The average molecular weight is 203 g/mol. The highest BCUT2D eigenvalue weighted by Gasteiger charge is 2.04. The lowest BCUT2D eigenvalue weighted by atomic mass is 10.1. The summed E-state index contributed by atoms with van der Waals surface area (Å²) in [5.74, 6) is 1.31. The molecule has 0 fully saturated rings. The summed E-state index contributed by atoms with van der Waals surface area (Å²) in [6.07, 6.45) is 0.864. The van der Waals surface area contributed by atoms with Crippen LogP contribution in [0.5, 0.6) is 0 Å². The van der Waals surface area contributed by atoms with Gasteiger partial charge in [0.25, 0.3) is 0 Å². The van der Waals surface area contributed by atoms with Crippen molar-refractivity contribution in [3.05, 3.63) is 33.9 Å². The van der Waals surface area contributed by atoms with Crippen LogP contribution in [0.2, 0.25) is 10.3 Å². The van der Waals surface area contributed by atoms with Crippen LogP contribution in [-0.2, 0) is 6.42 Å². The van der Waals surface area contributed by atoms with Crippen LogP contribution in [0.3, 0.4) is 0 Å². The van der Waals surface area contributed by atoms with E-state index in [9.17, 15) is 0 Å². The van der Waals surface area contributed by atoms with Crippen molar-refractivity contribution in [3.8, 4) is 0 Å². The van der Waals surface area contributed by atoms with E-state index in [-0.39, 0.29) is 0 Å². The van der Waals surface area contributed by atoms with Gasteiger partial charge in [-0.15, -0.1) is 0 Å². The highest BCUT2D eigenvalue weighted by Crippen LogP contribution is 2.19. The first kappa shape index (κ1) is 9.82. The summed E-state index contributed by atoms with van der Waals surface area (Å²) in [5, 5.41) is 0.946. The van der Waals surface area contributed by atoms with Gasteiger partial charge >= 0.3 is 0 Å². The SMILES string of the molecule is C[C](C)Cc1ccc(Cl)nc1Cl. The molecule has 0 atom stereocenters. The molecule has 0 unspecified atom stereocenters. The minimum atomic E-state index is 0.442. The molecule has 0 aliphatic heterocycles. The zero-order chi connectivity index (χ0) is 9.14. The van der Waals surface area contributed by atoms with Gasteiger partial charge < -0.3 is 0 Å². The summed E-state index contributed by atoms with van der Waals surface area (Å²) in [7, 11) is 0. The number of hydrogen-bond acceptors (Lipinski definition) is 1. The molecular formula is C9H10Cl2N. The van der Waals surface area contributed by atoms with Gasteiger partial charge in [0.1, 0.15) is 10.3 Å². The zero-order valence-corrected chi connectivity index (χ0v) is 8.58. The van der Waals surface area contributed by atoms with Crippen LogP contribution >= 0.6 is 23.2 Å². The predicted molar refractivity (Wildman–Crippen MR) is 52.6 cm³/mol. The van der Waals surface area contributed by atoms with Crippen LogP contribution in [0.4, 0.5) is 0 Å². The monoisotopic (exact) mass is 202 g/mol. The van der Waals surface area contributed by atoms with E-state index in [1.807, 2.05) is 6.07 Å². The maximum absolute atomic E-state index is 5.86. The molecule has 0 aromatic carbocycles. The minimum absolute atomic E-state index is 0.442. The molecule has 1 radical (unpaired) electrons. The van der Waals surface area contributed by atoms with Crippen LogP contribution in [0, 0.1) is 5.92 Å².